The van der Waals surface area contributed by atoms with Crippen LogP contribution in [0.25, 0.3) is 0 Å². The lowest BCUT2D eigenvalue weighted by Crippen LogP contribution is -2.40. The van der Waals surface area contributed by atoms with Crippen molar-refractivity contribution in [3.05, 3.63) is 28.2 Å². The summed E-state index contributed by atoms with van der Waals surface area (Å²) in [6, 6.07) is 6.31. The van der Waals surface area contributed by atoms with Crippen LogP contribution in [-0.4, -0.2) is 36.7 Å². The average Bonchev–Trinajstić information content (AvgIpc) is 2.41. The molecule has 0 aromatic heterocycles. The fourth-order valence-electron chi connectivity index (χ4n) is 2.58. The number of aromatic hydroxyl groups is 1. The van der Waals surface area contributed by atoms with Gasteiger partial charge in [-0.2, -0.15) is 0 Å². The van der Waals surface area contributed by atoms with Crippen molar-refractivity contribution in [3.63, 3.8) is 0 Å². The Morgan fingerprint density at radius 2 is 1.95 bits per heavy atom. The van der Waals surface area contributed by atoms with E-state index in [1.165, 1.54) is 6.42 Å². The van der Waals surface area contributed by atoms with Gasteiger partial charge in [0.2, 0.25) is 0 Å². The number of likely N-dealkylation sites (N-methyl/N-ethyl adjacent to an activating group) is 1. The summed E-state index contributed by atoms with van der Waals surface area (Å²) in [7, 11) is 4.26. The van der Waals surface area contributed by atoms with Gasteiger partial charge in [-0.15, -0.1) is 0 Å². The third kappa shape index (κ3) is 5.97. The van der Waals surface area contributed by atoms with Crippen LogP contribution in [0.1, 0.15) is 45.2 Å². The summed E-state index contributed by atoms with van der Waals surface area (Å²) in [6.07, 6.45) is 2.12. The third-order valence-corrected chi connectivity index (χ3v) is 4.34. The smallest absolute Gasteiger partial charge is 0.120 e. The number of halogens is 1. The Labute approximate surface area is 137 Å². The molecule has 3 nitrogen and oxygen atoms in total. The van der Waals surface area contributed by atoms with Crippen molar-refractivity contribution in [1.29, 1.82) is 0 Å². The molecule has 0 aliphatic heterocycles. The van der Waals surface area contributed by atoms with Gasteiger partial charge in [-0.3, -0.25) is 0 Å². The molecule has 0 saturated heterocycles. The maximum atomic E-state index is 10.1. The molecule has 1 rings (SSSR count). The first-order valence-electron chi connectivity index (χ1n) is 7.73. The highest BCUT2D eigenvalue weighted by Crippen LogP contribution is 2.29. The van der Waals surface area contributed by atoms with Crippen LogP contribution in [0.4, 0.5) is 0 Å². The van der Waals surface area contributed by atoms with Crippen LogP contribution < -0.4 is 5.32 Å². The van der Waals surface area contributed by atoms with Gasteiger partial charge in [-0.25, -0.2) is 0 Å². The van der Waals surface area contributed by atoms with Crippen molar-refractivity contribution in [2.24, 2.45) is 5.92 Å². The second-order valence-corrected chi connectivity index (χ2v) is 7.23. The molecule has 0 amide bonds. The monoisotopic (exact) mass is 356 g/mol. The Morgan fingerprint density at radius 1 is 1.29 bits per heavy atom. The van der Waals surface area contributed by atoms with Gasteiger partial charge in [-0.1, -0.05) is 36.7 Å². The SMILES string of the molecule is CCC(NCC(CC(C)C)N(C)C)c1cc(Br)ccc1O. The zero-order valence-electron chi connectivity index (χ0n) is 13.9. The molecule has 120 valence electrons. The van der Waals surface area contributed by atoms with E-state index in [-0.39, 0.29) is 6.04 Å². The van der Waals surface area contributed by atoms with Crippen molar-refractivity contribution in [1.82, 2.24) is 10.2 Å². The molecule has 2 unspecified atom stereocenters. The van der Waals surface area contributed by atoms with Crippen LogP contribution in [0, 0.1) is 5.92 Å². The molecule has 0 fully saturated rings. The van der Waals surface area contributed by atoms with E-state index in [2.05, 4.69) is 61.0 Å². The molecular formula is C17H29BrN2O. The van der Waals surface area contributed by atoms with Gasteiger partial charge in [0.1, 0.15) is 5.75 Å². The zero-order chi connectivity index (χ0) is 16.0. The number of nitrogens with zero attached hydrogens (tertiary/aromatic N) is 1. The van der Waals surface area contributed by atoms with Gasteiger partial charge >= 0.3 is 0 Å². The number of rotatable bonds is 8. The maximum Gasteiger partial charge on any atom is 0.120 e. The van der Waals surface area contributed by atoms with Crippen LogP contribution in [0.2, 0.25) is 0 Å². The highest BCUT2D eigenvalue weighted by Gasteiger charge is 2.18. The fraction of sp³-hybridized carbons (Fsp3) is 0.647. The largest absolute Gasteiger partial charge is 0.508 e. The van der Waals surface area contributed by atoms with E-state index in [1.807, 2.05) is 12.1 Å². The lowest BCUT2D eigenvalue weighted by atomic mass is 10.00. The van der Waals surface area contributed by atoms with Gasteiger partial charge in [0, 0.05) is 28.7 Å². The molecule has 0 aliphatic rings. The summed E-state index contributed by atoms with van der Waals surface area (Å²) >= 11 is 3.48. The Bertz CT molecular complexity index is 435. The van der Waals surface area contributed by atoms with E-state index >= 15 is 0 Å². The predicted molar refractivity (Wildman–Crippen MR) is 93.8 cm³/mol. The molecular weight excluding hydrogens is 328 g/mol. The van der Waals surface area contributed by atoms with Crippen molar-refractivity contribution in [2.45, 2.75) is 45.7 Å². The Kier molecular flexibility index (Phi) is 7.71. The highest BCUT2D eigenvalue weighted by atomic mass is 79.9. The van der Waals surface area contributed by atoms with Crippen LogP contribution in [0.15, 0.2) is 22.7 Å². The predicted octanol–water partition coefficient (Wildman–Crippen LogP) is 4.17. The van der Waals surface area contributed by atoms with Crippen molar-refractivity contribution in [3.8, 4) is 5.75 Å². The highest BCUT2D eigenvalue weighted by molar-refractivity contribution is 9.10. The minimum atomic E-state index is 0.178. The first kappa shape index (κ1) is 18.5. The Balaban J connectivity index is 2.75. The zero-order valence-corrected chi connectivity index (χ0v) is 15.4. The lowest BCUT2D eigenvalue weighted by Gasteiger charge is -2.29. The average molecular weight is 357 g/mol. The number of nitrogens with one attached hydrogen (secondary N) is 1. The minimum Gasteiger partial charge on any atom is -0.508 e. The molecule has 2 N–H and O–H groups in total. The summed E-state index contributed by atoms with van der Waals surface area (Å²) < 4.78 is 1.00. The number of benzene rings is 1. The molecule has 0 saturated carbocycles. The molecule has 0 radical (unpaired) electrons. The first-order chi connectivity index (χ1) is 9.85. The van der Waals surface area contributed by atoms with E-state index in [1.54, 1.807) is 6.07 Å². The van der Waals surface area contributed by atoms with Gasteiger partial charge in [0.25, 0.3) is 0 Å². The van der Waals surface area contributed by atoms with E-state index in [4.69, 9.17) is 0 Å². The Morgan fingerprint density at radius 3 is 2.48 bits per heavy atom. The van der Waals surface area contributed by atoms with Gasteiger partial charge < -0.3 is 15.3 Å². The summed E-state index contributed by atoms with van der Waals surface area (Å²) in [4.78, 5) is 2.28. The molecule has 0 spiro atoms. The summed E-state index contributed by atoms with van der Waals surface area (Å²) in [5, 5.41) is 13.7. The normalized spacial score (nSPS) is 14.7. The van der Waals surface area contributed by atoms with Crippen LogP contribution in [0.5, 0.6) is 5.75 Å². The van der Waals surface area contributed by atoms with Crippen LogP contribution in [0.3, 0.4) is 0 Å². The van der Waals surface area contributed by atoms with E-state index in [0.29, 0.717) is 17.7 Å². The van der Waals surface area contributed by atoms with Gasteiger partial charge in [-0.05, 0) is 51.1 Å². The molecule has 1 aromatic carbocycles. The Hall–Kier alpha value is -0.580. The van der Waals surface area contributed by atoms with Crippen LogP contribution >= 0.6 is 15.9 Å². The number of hydrogen-bond acceptors (Lipinski definition) is 3. The van der Waals surface area contributed by atoms with Crippen molar-refractivity contribution in [2.75, 3.05) is 20.6 Å². The van der Waals surface area contributed by atoms with E-state index in [0.717, 1.165) is 23.0 Å². The quantitative estimate of drug-likeness (QED) is 0.733. The molecule has 0 bridgehead atoms. The summed E-state index contributed by atoms with van der Waals surface area (Å²) in [6.45, 7) is 7.59. The van der Waals surface area contributed by atoms with Gasteiger partial charge in [0.15, 0.2) is 0 Å². The number of phenolic OH excluding ortho intramolecular Hbond substituents is 1. The lowest BCUT2D eigenvalue weighted by molar-refractivity contribution is 0.239. The van der Waals surface area contributed by atoms with Gasteiger partial charge in [0.05, 0.1) is 0 Å². The van der Waals surface area contributed by atoms with Crippen molar-refractivity contribution < 1.29 is 5.11 Å². The summed E-state index contributed by atoms with van der Waals surface area (Å²) in [5.74, 6) is 1.04. The number of hydrogen-bond donors (Lipinski definition) is 2. The standard InChI is InChI=1S/C17H29BrN2O/c1-6-16(15-10-13(18)7-8-17(15)21)19-11-14(20(4)5)9-12(2)3/h7-8,10,12,14,16,19,21H,6,9,11H2,1-5H3. The maximum absolute atomic E-state index is 10.1. The topological polar surface area (TPSA) is 35.5 Å². The third-order valence-electron chi connectivity index (χ3n) is 3.85. The van der Waals surface area contributed by atoms with Crippen LogP contribution in [-0.2, 0) is 0 Å². The number of phenols is 1. The fourth-order valence-corrected chi connectivity index (χ4v) is 2.96. The first-order valence-corrected chi connectivity index (χ1v) is 8.52. The second kappa shape index (κ2) is 8.76. The molecule has 0 heterocycles. The molecule has 2 atom stereocenters. The van der Waals surface area contributed by atoms with E-state index < -0.39 is 0 Å². The minimum absolute atomic E-state index is 0.178. The molecule has 21 heavy (non-hydrogen) atoms. The van der Waals surface area contributed by atoms with Crippen molar-refractivity contribution >= 4 is 15.9 Å². The van der Waals surface area contributed by atoms with E-state index in [9.17, 15) is 5.11 Å². The molecule has 0 aliphatic carbocycles. The summed E-state index contributed by atoms with van der Waals surface area (Å²) in [5.41, 5.74) is 0.967. The molecule has 4 heteroatoms. The second-order valence-electron chi connectivity index (χ2n) is 6.32. The molecule has 1 aromatic rings.